The fraction of sp³-hybridized carbons (Fsp3) is 0.364. The first-order valence-corrected chi connectivity index (χ1v) is 8.63. The Morgan fingerprint density at radius 3 is 2.55 bits per heavy atom. The van der Waals surface area contributed by atoms with Crippen LogP contribution in [0.25, 0.3) is 0 Å². The molecule has 0 fully saturated rings. The lowest BCUT2D eigenvalue weighted by atomic mass is 10.2. The molecule has 0 aliphatic rings. The first-order valence-electron chi connectivity index (χ1n) is 5.57. The first kappa shape index (κ1) is 17.5. The molecule has 1 aromatic rings. The van der Waals surface area contributed by atoms with Crippen molar-refractivity contribution in [1.82, 2.24) is 5.32 Å². The molecule has 0 atom stereocenters. The molecule has 20 heavy (non-hydrogen) atoms. The van der Waals surface area contributed by atoms with Crippen molar-refractivity contribution >= 4 is 48.8 Å². The predicted molar refractivity (Wildman–Crippen MR) is 78.3 cm³/mol. The van der Waals surface area contributed by atoms with Gasteiger partial charge in [-0.1, -0.05) is 23.2 Å². The van der Waals surface area contributed by atoms with E-state index in [-0.39, 0.29) is 27.0 Å². The van der Waals surface area contributed by atoms with Gasteiger partial charge in [0.15, 0.2) is 0 Å². The fourth-order valence-corrected chi connectivity index (χ4v) is 2.61. The average Bonchev–Trinajstić information content (AvgIpc) is 2.36. The lowest BCUT2D eigenvalue weighted by Crippen LogP contribution is -2.27. The Balaban J connectivity index is 2.99. The molecule has 1 N–H and O–H groups in total. The van der Waals surface area contributed by atoms with Gasteiger partial charge in [-0.3, -0.25) is 4.79 Å². The van der Waals surface area contributed by atoms with E-state index in [0.29, 0.717) is 13.2 Å². The number of nitrogens with one attached hydrogen (secondary N) is 1. The molecule has 112 valence electrons. The third-order valence-corrected chi connectivity index (χ3v) is 4.40. The summed E-state index contributed by atoms with van der Waals surface area (Å²) in [5.41, 5.74) is -0.0603. The van der Waals surface area contributed by atoms with Crippen molar-refractivity contribution in [1.29, 1.82) is 0 Å². The van der Waals surface area contributed by atoms with Crippen molar-refractivity contribution in [3.8, 4) is 0 Å². The smallest absolute Gasteiger partial charge is 0.261 e. The van der Waals surface area contributed by atoms with Crippen molar-refractivity contribution in [2.45, 2.75) is 11.8 Å². The van der Waals surface area contributed by atoms with Crippen molar-refractivity contribution in [3.63, 3.8) is 0 Å². The average molecular weight is 361 g/mol. The maximum Gasteiger partial charge on any atom is 0.261 e. The van der Waals surface area contributed by atoms with Crippen LogP contribution in [0.5, 0.6) is 0 Å². The molecule has 1 amide bonds. The fourth-order valence-electron chi connectivity index (χ4n) is 1.35. The van der Waals surface area contributed by atoms with Crippen LogP contribution in [0.3, 0.4) is 0 Å². The topological polar surface area (TPSA) is 72.5 Å². The number of rotatable bonds is 6. The van der Waals surface area contributed by atoms with Crippen LogP contribution < -0.4 is 5.32 Å². The predicted octanol–water partition coefficient (Wildman–Crippen LogP) is 2.69. The number of halogens is 3. The summed E-state index contributed by atoms with van der Waals surface area (Å²) in [6.45, 7) is 2.95. The minimum Gasteiger partial charge on any atom is -0.380 e. The van der Waals surface area contributed by atoms with Gasteiger partial charge in [-0.2, -0.15) is 0 Å². The molecule has 0 aliphatic heterocycles. The number of benzene rings is 1. The van der Waals surface area contributed by atoms with E-state index in [1.165, 1.54) is 0 Å². The van der Waals surface area contributed by atoms with Crippen LogP contribution in [0, 0.1) is 0 Å². The van der Waals surface area contributed by atoms with E-state index in [1.54, 1.807) is 0 Å². The van der Waals surface area contributed by atoms with Crippen LogP contribution in [-0.4, -0.2) is 34.1 Å². The van der Waals surface area contributed by atoms with Gasteiger partial charge in [0, 0.05) is 23.8 Å². The zero-order valence-corrected chi connectivity index (χ0v) is 13.5. The van der Waals surface area contributed by atoms with E-state index < -0.39 is 15.0 Å². The molecule has 0 aromatic heterocycles. The third kappa shape index (κ3) is 4.79. The zero-order chi connectivity index (χ0) is 15.3. The summed E-state index contributed by atoms with van der Waals surface area (Å²) in [5.74, 6) is -0.557. The second-order valence-electron chi connectivity index (χ2n) is 3.66. The Hall–Kier alpha value is -0.530. The quantitative estimate of drug-likeness (QED) is 0.625. The number of carbonyl (C=O) groups is 1. The van der Waals surface area contributed by atoms with Crippen molar-refractivity contribution < 1.29 is 17.9 Å². The first-order chi connectivity index (χ1) is 9.27. The van der Waals surface area contributed by atoms with E-state index in [0.717, 1.165) is 12.1 Å². The molecule has 5 nitrogen and oxygen atoms in total. The molecular weight excluding hydrogens is 349 g/mol. The lowest BCUT2D eigenvalue weighted by molar-refractivity contribution is 0.0922. The van der Waals surface area contributed by atoms with Gasteiger partial charge in [0.1, 0.15) is 0 Å². The van der Waals surface area contributed by atoms with Crippen LogP contribution in [0.2, 0.25) is 10.0 Å². The van der Waals surface area contributed by atoms with Crippen LogP contribution in [0.1, 0.15) is 17.3 Å². The number of hydrogen-bond donors (Lipinski definition) is 1. The highest BCUT2D eigenvalue weighted by atomic mass is 35.7. The van der Waals surface area contributed by atoms with Gasteiger partial charge in [-0.05, 0) is 19.1 Å². The van der Waals surface area contributed by atoms with Gasteiger partial charge < -0.3 is 10.1 Å². The summed E-state index contributed by atoms with van der Waals surface area (Å²) in [6.07, 6.45) is 0. The summed E-state index contributed by atoms with van der Waals surface area (Å²) >= 11 is 11.7. The molecule has 9 heteroatoms. The summed E-state index contributed by atoms with van der Waals surface area (Å²) in [4.78, 5) is 11.6. The summed E-state index contributed by atoms with van der Waals surface area (Å²) in [6, 6.07) is 2.16. The van der Waals surface area contributed by atoms with Gasteiger partial charge in [-0.25, -0.2) is 8.42 Å². The van der Waals surface area contributed by atoms with Gasteiger partial charge in [-0.15, -0.1) is 0 Å². The molecule has 0 saturated carbocycles. The van der Waals surface area contributed by atoms with Gasteiger partial charge in [0.05, 0.1) is 27.1 Å². The molecule has 1 aromatic carbocycles. The highest BCUT2D eigenvalue weighted by Gasteiger charge is 2.19. The second kappa shape index (κ2) is 7.47. The van der Waals surface area contributed by atoms with Crippen LogP contribution in [0.4, 0.5) is 0 Å². The van der Waals surface area contributed by atoms with Crippen molar-refractivity contribution in [2.24, 2.45) is 0 Å². The van der Waals surface area contributed by atoms with Gasteiger partial charge >= 0.3 is 0 Å². The number of carbonyl (C=O) groups excluding carboxylic acids is 1. The van der Waals surface area contributed by atoms with Gasteiger partial charge in [0.2, 0.25) is 0 Å². The minimum atomic E-state index is -4.00. The standard InChI is InChI=1S/C11H12Cl3NO4S/c1-2-19-4-3-15-11(16)8-5-7(20(14,17)18)6-9(12)10(8)13/h5-6H,2-4H2,1H3,(H,15,16). The Labute approximate surface area is 131 Å². The molecule has 0 heterocycles. The summed E-state index contributed by atoms with van der Waals surface area (Å²) in [5, 5.41) is 2.43. The summed E-state index contributed by atoms with van der Waals surface area (Å²) < 4.78 is 27.6. The SMILES string of the molecule is CCOCCNC(=O)c1cc(S(=O)(=O)Cl)cc(Cl)c1Cl. The third-order valence-electron chi connectivity index (χ3n) is 2.26. The molecule has 0 bridgehead atoms. The monoisotopic (exact) mass is 359 g/mol. The number of ether oxygens (including phenoxy) is 1. The Bertz CT molecular complexity index is 604. The maximum absolute atomic E-state index is 11.9. The lowest BCUT2D eigenvalue weighted by Gasteiger charge is -2.09. The molecule has 0 saturated heterocycles. The summed E-state index contributed by atoms with van der Waals surface area (Å²) in [7, 11) is 1.22. The Kier molecular flexibility index (Phi) is 6.54. The van der Waals surface area contributed by atoms with E-state index in [4.69, 9.17) is 38.6 Å². The Morgan fingerprint density at radius 2 is 2.00 bits per heavy atom. The minimum absolute atomic E-state index is 0.0374. The largest absolute Gasteiger partial charge is 0.380 e. The maximum atomic E-state index is 11.9. The second-order valence-corrected chi connectivity index (χ2v) is 7.01. The molecule has 0 spiro atoms. The van der Waals surface area contributed by atoms with Crippen LogP contribution >= 0.6 is 33.9 Å². The molecule has 1 rings (SSSR count). The molecule has 0 aliphatic carbocycles. The Morgan fingerprint density at radius 1 is 1.35 bits per heavy atom. The van der Waals surface area contributed by atoms with Crippen molar-refractivity contribution in [2.75, 3.05) is 19.8 Å². The zero-order valence-electron chi connectivity index (χ0n) is 10.5. The van der Waals surface area contributed by atoms with E-state index in [2.05, 4.69) is 5.32 Å². The number of amides is 1. The number of hydrogen-bond acceptors (Lipinski definition) is 4. The molecular formula is C11H12Cl3NO4S. The molecule has 0 unspecified atom stereocenters. The van der Waals surface area contributed by atoms with E-state index >= 15 is 0 Å². The van der Waals surface area contributed by atoms with E-state index in [9.17, 15) is 13.2 Å². The van der Waals surface area contributed by atoms with Crippen LogP contribution in [-0.2, 0) is 13.8 Å². The molecule has 0 radical (unpaired) electrons. The highest BCUT2D eigenvalue weighted by Crippen LogP contribution is 2.30. The van der Waals surface area contributed by atoms with Gasteiger partial charge in [0.25, 0.3) is 15.0 Å². The van der Waals surface area contributed by atoms with E-state index in [1.807, 2.05) is 6.92 Å². The van der Waals surface area contributed by atoms with Crippen molar-refractivity contribution in [3.05, 3.63) is 27.7 Å². The van der Waals surface area contributed by atoms with Crippen LogP contribution in [0.15, 0.2) is 17.0 Å². The normalized spacial score (nSPS) is 11.4. The highest BCUT2D eigenvalue weighted by molar-refractivity contribution is 8.13.